The fourth-order valence-electron chi connectivity index (χ4n) is 4.31. The number of hydrogen-bond donors (Lipinski definition) is 1. The van der Waals surface area contributed by atoms with Crippen molar-refractivity contribution >= 4 is 20.7 Å². The average Bonchev–Trinajstić information content (AvgIpc) is 3.47. The van der Waals surface area contributed by atoms with Crippen LogP contribution in [0, 0.1) is 0 Å². The van der Waals surface area contributed by atoms with Gasteiger partial charge in [-0.3, -0.25) is 9.91 Å². The number of aromatic nitrogens is 2. The Labute approximate surface area is 199 Å². The summed E-state index contributed by atoms with van der Waals surface area (Å²) in [6.45, 7) is 5.62. The van der Waals surface area contributed by atoms with Gasteiger partial charge in [-0.2, -0.15) is 0 Å². The van der Waals surface area contributed by atoms with Crippen molar-refractivity contribution < 1.29 is 18.0 Å². The molecule has 34 heavy (non-hydrogen) atoms. The number of pyridine rings is 1. The maximum absolute atomic E-state index is 11.8. The summed E-state index contributed by atoms with van der Waals surface area (Å²) < 4.78 is 31.8. The number of ether oxygens (including phenoxy) is 1. The summed E-state index contributed by atoms with van der Waals surface area (Å²) in [7, 11) is -3.24. The van der Waals surface area contributed by atoms with E-state index in [1.54, 1.807) is 18.3 Å². The number of nitrogens with zero attached hydrogens (tertiary/aromatic N) is 4. The molecule has 10 heteroatoms. The summed E-state index contributed by atoms with van der Waals surface area (Å²) in [5.41, 5.74) is 3.78. The Morgan fingerprint density at radius 1 is 1.18 bits per heavy atom. The molecule has 2 aromatic heterocycles. The van der Waals surface area contributed by atoms with Crippen LogP contribution in [0.15, 0.2) is 65.6 Å². The lowest BCUT2D eigenvalue weighted by atomic mass is 10.1. The van der Waals surface area contributed by atoms with Gasteiger partial charge in [-0.05, 0) is 56.2 Å². The third-order valence-electron chi connectivity index (χ3n) is 6.21. The predicted molar refractivity (Wildman–Crippen MR) is 129 cm³/mol. The quantitative estimate of drug-likeness (QED) is 0.549. The van der Waals surface area contributed by atoms with Crippen molar-refractivity contribution in [3.8, 4) is 11.6 Å². The highest BCUT2D eigenvalue weighted by Crippen LogP contribution is 2.25. The average molecular weight is 484 g/mol. The number of hydrogen-bond acceptors (Lipinski definition) is 8. The molecule has 3 aromatic rings. The Balaban J connectivity index is 1.19. The summed E-state index contributed by atoms with van der Waals surface area (Å²) in [5, 5.41) is 2.78. The molecular weight excluding hydrogens is 454 g/mol. The summed E-state index contributed by atoms with van der Waals surface area (Å²) in [4.78, 5) is 12.8. The van der Waals surface area contributed by atoms with Crippen molar-refractivity contribution in [3.05, 3.63) is 60.8 Å². The maximum Gasteiger partial charge on any atom is 0.175 e. The van der Waals surface area contributed by atoms with Gasteiger partial charge in [0.1, 0.15) is 17.7 Å². The van der Waals surface area contributed by atoms with E-state index in [1.165, 1.54) is 6.26 Å². The first-order chi connectivity index (χ1) is 16.4. The normalized spacial score (nSPS) is 17.7. The van der Waals surface area contributed by atoms with E-state index in [-0.39, 0.29) is 6.10 Å². The van der Waals surface area contributed by atoms with E-state index >= 15 is 0 Å². The van der Waals surface area contributed by atoms with Gasteiger partial charge in [0.05, 0.1) is 29.4 Å². The van der Waals surface area contributed by atoms with Crippen molar-refractivity contribution in [3.63, 3.8) is 0 Å². The molecule has 1 N–H and O–H groups in total. The van der Waals surface area contributed by atoms with Gasteiger partial charge in [-0.15, -0.1) is 0 Å². The molecule has 0 amide bonds. The molecule has 2 aliphatic rings. The molecule has 1 fully saturated rings. The molecule has 0 unspecified atom stereocenters. The molecule has 4 heterocycles. The molecule has 0 atom stereocenters. The summed E-state index contributed by atoms with van der Waals surface area (Å²) >= 11 is 0. The van der Waals surface area contributed by atoms with E-state index in [1.807, 2.05) is 46.2 Å². The number of rotatable bonds is 7. The fraction of sp³-hybridized carbons (Fsp3) is 0.375. The number of benzene rings is 1. The molecule has 5 rings (SSSR count). The highest BCUT2D eigenvalue weighted by Gasteiger charge is 2.23. The molecule has 9 nitrogen and oxygen atoms in total. The molecule has 0 bridgehead atoms. The zero-order chi connectivity index (χ0) is 23.7. The van der Waals surface area contributed by atoms with E-state index < -0.39 is 9.84 Å². The zero-order valence-corrected chi connectivity index (χ0v) is 20.2. The lowest BCUT2D eigenvalue weighted by Crippen LogP contribution is -2.39. The van der Waals surface area contributed by atoms with Crippen molar-refractivity contribution in [2.45, 2.75) is 30.8 Å². The standard InChI is InChI=1S/C24H29N5O4S/c1-3-28-17-21(33-26-28)16-27-11-9-19(10-12-27)32-20-4-7-24(25-15-20)29-13-8-18-14-22(34(2,30)31)5-6-23(18)29/h4-8,13-15,17,19,26H,3,9-12,16H2,1-2H3. The van der Waals surface area contributed by atoms with Crippen LogP contribution in [0.3, 0.4) is 0 Å². The second kappa shape index (κ2) is 9.28. The van der Waals surface area contributed by atoms with Crippen LogP contribution >= 0.6 is 0 Å². The Hall–Kier alpha value is -3.08. The molecule has 0 spiro atoms. The van der Waals surface area contributed by atoms with E-state index in [0.29, 0.717) is 4.90 Å². The first-order valence-electron chi connectivity index (χ1n) is 11.5. The van der Waals surface area contributed by atoms with E-state index in [4.69, 9.17) is 9.57 Å². The lowest BCUT2D eigenvalue weighted by Gasteiger charge is -2.31. The van der Waals surface area contributed by atoms with Crippen LogP contribution in [0.5, 0.6) is 5.75 Å². The smallest absolute Gasteiger partial charge is 0.175 e. The number of piperidine rings is 1. The predicted octanol–water partition coefficient (Wildman–Crippen LogP) is 2.89. The molecule has 0 saturated carbocycles. The fourth-order valence-corrected chi connectivity index (χ4v) is 4.96. The van der Waals surface area contributed by atoms with Crippen molar-refractivity contribution in [1.82, 2.24) is 25.0 Å². The largest absolute Gasteiger partial charge is 0.489 e. The number of nitrogens with one attached hydrogen (secondary N) is 1. The van der Waals surface area contributed by atoms with Gasteiger partial charge in [0, 0.05) is 37.5 Å². The molecule has 0 radical (unpaired) electrons. The second-order valence-electron chi connectivity index (χ2n) is 8.70. The van der Waals surface area contributed by atoms with Crippen molar-refractivity contribution in [1.29, 1.82) is 0 Å². The zero-order valence-electron chi connectivity index (χ0n) is 19.3. The third kappa shape index (κ3) is 4.89. The molecule has 180 valence electrons. The summed E-state index contributed by atoms with van der Waals surface area (Å²) in [5.74, 6) is 2.44. The number of sulfone groups is 1. The topological polar surface area (TPSA) is 88.9 Å². The molecular formula is C24H29N5O4S. The Bertz CT molecular complexity index is 1290. The van der Waals surface area contributed by atoms with Gasteiger partial charge < -0.3 is 14.1 Å². The molecule has 2 aliphatic heterocycles. The molecule has 1 saturated heterocycles. The van der Waals surface area contributed by atoms with Crippen molar-refractivity contribution in [2.75, 3.05) is 32.4 Å². The van der Waals surface area contributed by atoms with E-state index in [2.05, 4.69) is 22.4 Å². The third-order valence-corrected chi connectivity index (χ3v) is 7.32. The first-order valence-corrected chi connectivity index (χ1v) is 13.3. The number of likely N-dealkylation sites (tertiary alicyclic amines) is 1. The minimum Gasteiger partial charge on any atom is -0.489 e. The lowest BCUT2D eigenvalue weighted by molar-refractivity contribution is 0.0132. The first kappa shape index (κ1) is 22.7. The Morgan fingerprint density at radius 3 is 2.68 bits per heavy atom. The Morgan fingerprint density at radius 2 is 2.00 bits per heavy atom. The van der Waals surface area contributed by atoms with E-state index in [0.717, 1.165) is 67.3 Å². The number of fused-ring (bicyclic) bond motifs is 1. The van der Waals surface area contributed by atoms with Crippen LogP contribution in [-0.4, -0.2) is 66.4 Å². The minimum atomic E-state index is -3.24. The van der Waals surface area contributed by atoms with Crippen LogP contribution in [0.4, 0.5) is 0 Å². The van der Waals surface area contributed by atoms with Gasteiger partial charge in [0.25, 0.3) is 0 Å². The van der Waals surface area contributed by atoms with Gasteiger partial charge in [0.2, 0.25) is 0 Å². The van der Waals surface area contributed by atoms with Crippen molar-refractivity contribution in [2.24, 2.45) is 0 Å². The van der Waals surface area contributed by atoms with Crippen LogP contribution in [-0.2, 0) is 14.7 Å². The minimum absolute atomic E-state index is 0.162. The van der Waals surface area contributed by atoms with Gasteiger partial charge in [-0.25, -0.2) is 13.4 Å². The van der Waals surface area contributed by atoms with Gasteiger partial charge in [-0.1, -0.05) is 5.59 Å². The maximum atomic E-state index is 11.8. The van der Waals surface area contributed by atoms with Crippen LogP contribution in [0.1, 0.15) is 19.8 Å². The van der Waals surface area contributed by atoms with Crippen LogP contribution < -0.4 is 10.3 Å². The summed E-state index contributed by atoms with van der Waals surface area (Å²) in [6.07, 6.45) is 8.93. The second-order valence-corrected chi connectivity index (χ2v) is 10.7. The highest BCUT2D eigenvalue weighted by molar-refractivity contribution is 7.90. The van der Waals surface area contributed by atoms with Crippen LogP contribution in [0.2, 0.25) is 0 Å². The number of hydrazine groups is 1. The molecule has 0 aliphatic carbocycles. The summed E-state index contributed by atoms with van der Waals surface area (Å²) in [6, 6.07) is 10.9. The Kier molecular flexibility index (Phi) is 6.20. The van der Waals surface area contributed by atoms with E-state index in [9.17, 15) is 8.42 Å². The SMILES string of the molecule is CCN1C=C(CN2CCC(Oc3ccc(-n4ccc5cc(S(C)(=O)=O)ccc54)nc3)CC2)ON1. The van der Waals surface area contributed by atoms with Gasteiger partial charge in [0.15, 0.2) is 15.6 Å². The highest BCUT2D eigenvalue weighted by atomic mass is 32.2. The monoisotopic (exact) mass is 483 g/mol. The van der Waals surface area contributed by atoms with Crippen LogP contribution in [0.25, 0.3) is 16.7 Å². The van der Waals surface area contributed by atoms with Gasteiger partial charge >= 0.3 is 0 Å². The molecule has 1 aromatic carbocycles.